The van der Waals surface area contributed by atoms with E-state index in [4.69, 9.17) is 25.5 Å². The Morgan fingerprint density at radius 3 is 2.84 bits per heavy atom. The van der Waals surface area contributed by atoms with Crippen molar-refractivity contribution in [3.8, 4) is 5.75 Å². The molecule has 0 atom stereocenters. The second kappa shape index (κ2) is 5.75. The summed E-state index contributed by atoms with van der Waals surface area (Å²) in [6, 6.07) is 6.36. The van der Waals surface area contributed by atoms with Crippen molar-refractivity contribution in [2.24, 2.45) is 0 Å². The molecule has 0 aliphatic carbocycles. The first kappa shape index (κ1) is 13.4. The molecule has 100 valence electrons. The van der Waals surface area contributed by atoms with Crippen molar-refractivity contribution in [1.29, 1.82) is 0 Å². The Hall–Kier alpha value is -2.01. The van der Waals surface area contributed by atoms with Gasteiger partial charge in [-0.15, -0.1) is 11.6 Å². The monoisotopic (exact) mass is 282 g/mol. The summed E-state index contributed by atoms with van der Waals surface area (Å²) in [6.45, 7) is -0.0278. The Morgan fingerprint density at radius 2 is 2.16 bits per heavy atom. The van der Waals surface area contributed by atoms with Crippen LogP contribution in [-0.4, -0.2) is 19.0 Å². The fourth-order valence-corrected chi connectivity index (χ4v) is 1.73. The number of hydrogen-bond acceptors (Lipinski definition) is 5. The molecule has 0 unspecified atom stereocenters. The lowest BCUT2D eigenvalue weighted by Gasteiger charge is -2.07. The highest BCUT2D eigenvalue weighted by atomic mass is 35.5. The van der Waals surface area contributed by atoms with Crippen LogP contribution in [-0.2, 0) is 16.1 Å². The molecule has 0 amide bonds. The van der Waals surface area contributed by atoms with Crippen molar-refractivity contribution < 1.29 is 18.7 Å². The van der Waals surface area contributed by atoms with E-state index in [1.807, 2.05) is 0 Å². The van der Waals surface area contributed by atoms with Gasteiger partial charge < -0.3 is 13.9 Å². The van der Waals surface area contributed by atoms with Crippen LogP contribution in [0.3, 0.4) is 0 Å². The number of fused-ring (bicyclic) bond motifs is 1. The summed E-state index contributed by atoms with van der Waals surface area (Å²) in [5.74, 6) is -0.199. The Kier molecular flexibility index (Phi) is 4.06. The SMILES string of the molecule is COc1ccc2c(COC(=O)CCl)cc(=O)oc2c1. The molecule has 0 saturated carbocycles. The van der Waals surface area contributed by atoms with Crippen LogP contribution in [0.25, 0.3) is 11.0 Å². The fraction of sp³-hybridized carbons (Fsp3) is 0.231. The van der Waals surface area contributed by atoms with Gasteiger partial charge in [-0.1, -0.05) is 0 Å². The third kappa shape index (κ3) is 3.06. The molecule has 2 rings (SSSR count). The van der Waals surface area contributed by atoms with Gasteiger partial charge in [-0.05, 0) is 12.1 Å². The van der Waals surface area contributed by atoms with E-state index in [2.05, 4.69) is 0 Å². The van der Waals surface area contributed by atoms with Crippen LogP contribution in [0.1, 0.15) is 5.56 Å². The fourth-order valence-electron chi connectivity index (χ4n) is 1.65. The molecule has 0 spiro atoms. The first-order valence-corrected chi connectivity index (χ1v) is 6.00. The average Bonchev–Trinajstić information content (AvgIpc) is 2.43. The summed E-state index contributed by atoms with van der Waals surface area (Å²) < 4.78 is 15.0. The molecule has 6 heteroatoms. The molecule has 0 radical (unpaired) electrons. The van der Waals surface area contributed by atoms with Crippen molar-refractivity contribution in [3.05, 3.63) is 40.2 Å². The Labute approximate surface area is 113 Å². The molecule has 0 fully saturated rings. The summed E-state index contributed by atoms with van der Waals surface area (Å²) in [5, 5.41) is 0.683. The van der Waals surface area contributed by atoms with E-state index in [1.54, 1.807) is 18.2 Å². The zero-order valence-electron chi connectivity index (χ0n) is 10.1. The van der Waals surface area contributed by atoms with Gasteiger partial charge in [0.15, 0.2) is 0 Å². The second-order valence-electron chi connectivity index (χ2n) is 3.75. The van der Waals surface area contributed by atoms with E-state index in [0.29, 0.717) is 22.3 Å². The van der Waals surface area contributed by atoms with Crippen LogP contribution in [0, 0.1) is 0 Å². The van der Waals surface area contributed by atoms with Gasteiger partial charge in [0.2, 0.25) is 0 Å². The van der Waals surface area contributed by atoms with Crippen LogP contribution in [0.5, 0.6) is 5.75 Å². The number of carbonyl (C=O) groups is 1. The zero-order chi connectivity index (χ0) is 13.8. The summed E-state index contributed by atoms with van der Waals surface area (Å²) in [4.78, 5) is 22.5. The lowest BCUT2D eigenvalue weighted by molar-refractivity contribution is -0.141. The van der Waals surface area contributed by atoms with Crippen LogP contribution < -0.4 is 10.4 Å². The Balaban J connectivity index is 2.42. The summed E-state index contributed by atoms with van der Waals surface area (Å²) in [6.07, 6.45) is 0. The highest BCUT2D eigenvalue weighted by molar-refractivity contribution is 6.26. The molecule has 5 nitrogen and oxygen atoms in total. The lowest BCUT2D eigenvalue weighted by atomic mass is 10.1. The smallest absolute Gasteiger partial charge is 0.336 e. The molecule has 0 aliphatic rings. The number of ether oxygens (including phenoxy) is 2. The minimum Gasteiger partial charge on any atom is -0.497 e. The molecular weight excluding hydrogens is 272 g/mol. The van der Waals surface area contributed by atoms with E-state index in [1.165, 1.54) is 13.2 Å². The van der Waals surface area contributed by atoms with Gasteiger partial charge in [-0.25, -0.2) is 4.79 Å². The van der Waals surface area contributed by atoms with E-state index in [-0.39, 0.29) is 12.5 Å². The predicted molar refractivity (Wildman–Crippen MR) is 69.6 cm³/mol. The number of hydrogen-bond donors (Lipinski definition) is 0. The number of alkyl halides is 1. The van der Waals surface area contributed by atoms with E-state index < -0.39 is 11.6 Å². The molecule has 0 aliphatic heterocycles. The molecule has 1 aromatic carbocycles. The van der Waals surface area contributed by atoms with Gasteiger partial charge >= 0.3 is 11.6 Å². The van der Waals surface area contributed by atoms with Crippen molar-refractivity contribution in [1.82, 2.24) is 0 Å². The number of carbonyl (C=O) groups excluding carboxylic acids is 1. The number of methoxy groups -OCH3 is 1. The van der Waals surface area contributed by atoms with E-state index in [9.17, 15) is 9.59 Å². The largest absolute Gasteiger partial charge is 0.497 e. The molecule has 19 heavy (non-hydrogen) atoms. The number of rotatable bonds is 4. The van der Waals surface area contributed by atoms with Gasteiger partial charge in [0.25, 0.3) is 0 Å². The lowest BCUT2D eigenvalue weighted by Crippen LogP contribution is -2.08. The van der Waals surface area contributed by atoms with Crippen LogP contribution in [0.15, 0.2) is 33.5 Å². The topological polar surface area (TPSA) is 65.7 Å². The maximum Gasteiger partial charge on any atom is 0.336 e. The van der Waals surface area contributed by atoms with Crippen molar-refractivity contribution in [2.75, 3.05) is 13.0 Å². The maximum absolute atomic E-state index is 11.4. The standard InChI is InChI=1S/C13H11ClO5/c1-17-9-2-3-10-8(7-18-13(16)6-14)4-12(15)19-11(10)5-9/h2-5H,6-7H2,1H3. The maximum atomic E-state index is 11.4. The third-order valence-electron chi connectivity index (χ3n) is 2.54. The van der Waals surface area contributed by atoms with Gasteiger partial charge in [0, 0.05) is 23.1 Å². The third-order valence-corrected chi connectivity index (χ3v) is 2.75. The highest BCUT2D eigenvalue weighted by Crippen LogP contribution is 2.22. The molecule has 0 bridgehead atoms. The van der Waals surface area contributed by atoms with Gasteiger partial charge in [0.1, 0.15) is 23.8 Å². The summed E-state index contributed by atoms with van der Waals surface area (Å²) in [7, 11) is 1.52. The molecule has 0 saturated heterocycles. The normalized spacial score (nSPS) is 10.4. The minimum atomic E-state index is -0.545. The Morgan fingerprint density at radius 1 is 1.37 bits per heavy atom. The molecule has 0 N–H and O–H groups in total. The molecule has 2 aromatic rings. The van der Waals surface area contributed by atoms with Crippen LogP contribution in [0.2, 0.25) is 0 Å². The average molecular weight is 283 g/mol. The van der Waals surface area contributed by atoms with Crippen LogP contribution in [0.4, 0.5) is 0 Å². The first-order chi connectivity index (χ1) is 9.13. The molecular formula is C13H11ClO5. The molecule has 1 heterocycles. The van der Waals surface area contributed by atoms with E-state index >= 15 is 0 Å². The molecule has 1 aromatic heterocycles. The zero-order valence-corrected chi connectivity index (χ0v) is 10.9. The van der Waals surface area contributed by atoms with Gasteiger partial charge in [-0.2, -0.15) is 0 Å². The van der Waals surface area contributed by atoms with Crippen molar-refractivity contribution in [2.45, 2.75) is 6.61 Å². The predicted octanol–water partition coefficient (Wildman–Crippen LogP) is 2.08. The van der Waals surface area contributed by atoms with E-state index in [0.717, 1.165) is 0 Å². The quantitative estimate of drug-likeness (QED) is 0.488. The summed E-state index contributed by atoms with van der Waals surface area (Å²) in [5.41, 5.74) is 0.425. The number of esters is 1. The number of benzene rings is 1. The second-order valence-corrected chi connectivity index (χ2v) is 4.01. The van der Waals surface area contributed by atoms with Crippen molar-refractivity contribution >= 4 is 28.5 Å². The highest BCUT2D eigenvalue weighted by Gasteiger charge is 2.09. The minimum absolute atomic E-state index is 0.0278. The van der Waals surface area contributed by atoms with Crippen molar-refractivity contribution in [3.63, 3.8) is 0 Å². The van der Waals surface area contributed by atoms with Crippen LogP contribution >= 0.6 is 11.6 Å². The van der Waals surface area contributed by atoms with Gasteiger partial charge in [-0.3, -0.25) is 4.79 Å². The Bertz CT molecular complexity index is 662. The van der Waals surface area contributed by atoms with Gasteiger partial charge in [0.05, 0.1) is 7.11 Å². The first-order valence-electron chi connectivity index (χ1n) is 5.46. The number of halogens is 1. The summed E-state index contributed by atoms with van der Waals surface area (Å²) >= 11 is 5.34.